The van der Waals surface area contributed by atoms with Crippen LogP contribution in [0.15, 0.2) is 24.3 Å². The van der Waals surface area contributed by atoms with Crippen molar-refractivity contribution in [2.24, 2.45) is 0 Å². The Bertz CT molecular complexity index is 598. The number of ketones is 1. The van der Waals surface area contributed by atoms with Crippen LogP contribution >= 0.6 is 7.81 Å². The van der Waals surface area contributed by atoms with Gasteiger partial charge in [0, 0.05) is 16.5 Å². The third kappa shape index (κ3) is 15.9. The molecule has 1 aromatic carbocycles. The number of aliphatic hydroxyl groups is 2. The Morgan fingerprint density at radius 3 is 1.72 bits per heavy atom. The predicted octanol–water partition coefficient (Wildman–Crippen LogP) is 3.73. The molecule has 0 spiro atoms. The molecule has 0 saturated carbocycles. The van der Waals surface area contributed by atoms with E-state index in [2.05, 4.69) is 0 Å². The van der Waals surface area contributed by atoms with Crippen LogP contribution in [0.4, 0.5) is 25.2 Å². The molecular formula is C13H16F6NO3PS. The molecule has 12 heteroatoms. The van der Waals surface area contributed by atoms with Crippen molar-refractivity contribution in [2.45, 2.75) is 0 Å². The molecule has 0 aliphatic carbocycles. The van der Waals surface area contributed by atoms with Gasteiger partial charge in [0.15, 0.2) is 5.75 Å². The summed E-state index contributed by atoms with van der Waals surface area (Å²) in [6, 6.07) is 8.51. The molecule has 0 amide bonds. The number of benzene rings is 1. The second kappa shape index (κ2) is 8.36. The average molecular weight is 411 g/mol. The second-order valence-electron chi connectivity index (χ2n) is 4.68. The van der Waals surface area contributed by atoms with Crippen molar-refractivity contribution in [3.8, 4) is 6.07 Å². The molecule has 0 aliphatic heterocycles. The summed E-state index contributed by atoms with van der Waals surface area (Å²) in [5, 5.41) is 26.4. The van der Waals surface area contributed by atoms with Crippen LogP contribution in [0.5, 0.6) is 0 Å². The number of hydrogen-bond acceptors (Lipinski definition) is 4. The van der Waals surface area contributed by atoms with Gasteiger partial charge in [-0.2, -0.15) is 5.26 Å². The summed E-state index contributed by atoms with van der Waals surface area (Å²) in [5.41, 5.74) is 1.10. The standard InChI is InChI=1S/C13H16NO3S.F6P/c14-9-11-1-3-12(4-2-11)13(17)10-18(7-5-15)8-6-16;1-7(2,3,4,5)6/h1-4,15-16H,5-8,10H2;/q+1;-1. The van der Waals surface area contributed by atoms with E-state index in [-0.39, 0.29) is 29.9 Å². The van der Waals surface area contributed by atoms with Crippen molar-refractivity contribution < 1.29 is 40.2 Å². The maximum Gasteiger partial charge on any atom is 0.211 e. The molecule has 25 heavy (non-hydrogen) atoms. The molecule has 0 unspecified atom stereocenters. The van der Waals surface area contributed by atoms with Gasteiger partial charge in [-0.05, 0) is 24.3 Å². The number of halogens is 6. The van der Waals surface area contributed by atoms with Gasteiger partial charge in [0.2, 0.25) is 5.78 Å². The third-order valence-corrected chi connectivity index (χ3v) is 4.62. The van der Waals surface area contributed by atoms with Gasteiger partial charge in [-0.1, -0.05) is 0 Å². The van der Waals surface area contributed by atoms with Crippen LogP contribution < -0.4 is 0 Å². The smallest absolute Gasteiger partial charge is 0.211 e. The largest absolute Gasteiger partial charge is 0.391 e. The number of nitriles is 1. The van der Waals surface area contributed by atoms with E-state index in [1.165, 1.54) is 0 Å². The van der Waals surface area contributed by atoms with E-state index in [0.717, 1.165) is 0 Å². The van der Waals surface area contributed by atoms with Crippen molar-refractivity contribution in [2.75, 3.05) is 30.5 Å². The molecule has 144 valence electrons. The zero-order valence-corrected chi connectivity index (χ0v) is 14.4. The molecule has 0 radical (unpaired) electrons. The Hall–Kier alpha value is -1.34. The molecule has 0 aromatic heterocycles. The Kier molecular flexibility index (Phi) is 7.91. The maximum absolute atomic E-state index is 12.0. The molecule has 0 aliphatic rings. The SMILES string of the molecule is F[P-](F)(F)(F)(F)F.N#Cc1ccc(C(=O)C[S+](CCO)CCO)cc1. The molecule has 0 heterocycles. The number of aliphatic hydroxyl groups excluding tert-OH is 2. The normalized spacial score (nSPS) is 13.9. The van der Waals surface area contributed by atoms with Crippen LogP contribution in [0.25, 0.3) is 0 Å². The van der Waals surface area contributed by atoms with Crippen LogP contribution in [0, 0.1) is 11.3 Å². The summed E-state index contributed by atoms with van der Waals surface area (Å²) in [5.74, 6) is 1.42. The molecule has 2 N–H and O–H groups in total. The van der Waals surface area contributed by atoms with Gasteiger partial charge < -0.3 is 10.2 Å². The molecule has 0 bridgehead atoms. The number of nitrogens with zero attached hydrogens (tertiary/aromatic N) is 1. The Morgan fingerprint density at radius 1 is 1.00 bits per heavy atom. The molecule has 4 nitrogen and oxygen atoms in total. The summed E-state index contributed by atoms with van der Waals surface area (Å²) in [6.45, 7) is 0.0630. The maximum atomic E-state index is 12.0. The fraction of sp³-hybridized carbons (Fsp3) is 0.385. The molecule has 1 aromatic rings. The van der Waals surface area contributed by atoms with E-state index in [9.17, 15) is 30.0 Å². The minimum absolute atomic E-state index is 0.00952. The molecule has 1 rings (SSSR count). The van der Waals surface area contributed by atoms with E-state index in [4.69, 9.17) is 15.5 Å². The number of rotatable bonds is 7. The van der Waals surface area contributed by atoms with Gasteiger partial charge in [-0.3, -0.25) is 4.79 Å². The van der Waals surface area contributed by atoms with Crippen LogP contribution in [-0.2, 0) is 10.9 Å². The number of hydrogen-bond donors (Lipinski definition) is 2. The molecule has 0 fully saturated rings. The second-order valence-corrected chi connectivity index (χ2v) is 8.93. The first kappa shape index (κ1) is 23.7. The van der Waals surface area contributed by atoms with Crippen LogP contribution in [-0.4, -0.2) is 46.5 Å². The van der Waals surface area contributed by atoms with Gasteiger partial charge in [0.05, 0.1) is 24.8 Å². The van der Waals surface area contributed by atoms with Gasteiger partial charge in [-0.15, -0.1) is 0 Å². The fourth-order valence-corrected chi connectivity index (χ4v) is 3.05. The van der Waals surface area contributed by atoms with Crippen LogP contribution in [0.2, 0.25) is 0 Å². The first-order valence-corrected chi connectivity index (χ1v) is 10.4. The van der Waals surface area contributed by atoms with Crippen molar-refractivity contribution in [1.82, 2.24) is 0 Å². The first-order valence-electron chi connectivity index (χ1n) is 6.62. The minimum Gasteiger partial charge on any atom is -0.391 e. The number of carbonyl (C=O) groups excluding carboxylic acids is 1. The summed E-state index contributed by atoms with van der Waals surface area (Å²) >= 11 is 0. The zero-order valence-electron chi connectivity index (χ0n) is 12.7. The minimum atomic E-state index is -10.7. The zero-order chi connectivity index (χ0) is 19.8. The van der Waals surface area contributed by atoms with E-state index in [1.807, 2.05) is 6.07 Å². The van der Waals surface area contributed by atoms with Crippen molar-refractivity contribution in [1.29, 1.82) is 5.26 Å². The van der Waals surface area contributed by atoms with E-state index >= 15 is 0 Å². The average Bonchev–Trinajstić information content (AvgIpc) is 2.44. The monoisotopic (exact) mass is 411 g/mol. The molecular weight excluding hydrogens is 395 g/mol. The quantitative estimate of drug-likeness (QED) is 0.310. The fourth-order valence-electron chi connectivity index (χ4n) is 1.50. The summed E-state index contributed by atoms with van der Waals surface area (Å²) in [7, 11) is -10.9. The third-order valence-electron chi connectivity index (χ3n) is 2.43. The molecule has 0 saturated heterocycles. The summed E-state index contributed by atoms with van der Waals surface area (Å²) in [6.07, 6.45) is 0. The van der Waals surface area contributed by atoms with Crippen molar-refractivity contribution in [3.05, 3.63) is 35.4 Å². The predicted molar refractivity (Wildman–Crippen MR) is 85.2 cm³/mol. The Labute approximate surface area is 142 Å². The number of carbonyl (C=O) groups is 1. The summed E-state index contributed by atoms with van der Waals surface area (Å²) in [4.78, 5) is 12.0. The van der Waals surface area contributed by atoms with Crippen LogP contribution in [0.3, 0.4) is 0 Å². The van der Waals surface area contributed by atoms with Gasteiger partial charge >= 0.3 is 33.0 Å². The number of Topliss-reactive ketones (excluding diaryl/α,β-unsaturated/α-hetero) is 1. The Balaban J connectivity index is 0.000000697. The Morgan fingerprint density at radius 2 is 1.40 bits per heavy atom. The van der Waals surface area contributed by atoms with Gasteiger partial charge in [-0.25, -0.2) is 0 Å². The van der Waals surface area contributed by atoms with Crippen LogP contribution in [0.1, 0.15) is 15.9 Å². The first-order chi connectivity index (χ1) is 11.2. The van der Waals surface area contributed by atoms with E-state index in [1.54, 1.807) is 24.3 Å². The van der Waals surface area contributed by atoms with Crippen molar-refractivity contribution in [3.63, 3.8) is 0 Å². The topological polar surface area (TPSA) is 81.3 Å². The van der Waals surface area contributed by atoms with E-state index in [0.29, 0.717) is 28.4 Å². The van der Waals surface area contributed by atoms with Crippen molar-refractivity contribution >= 4 is 24.5 Å². The van der Waals surface area contributed by atoms with Gasteiger partial charge in [0.25, 0.3) is 0 Å². The molecule has 0 atom stereocenters. The van der Waals surface area contributed by atoms with Gasteiger partial charge in [0.1, 0.15) is 11.5 Å². The summed E-state index contributed by atoms with van der Waals surface area (Å²) < 4.78 is 59.2. The van der Waals surface area contributed by atoms with E-state index < -0.39 is 7.81 Å².